The van der Waals surface area contributed by atoms with Gasteiger partial charge in [-0.1, -0.05) is 23.2 Å². The average Bonchev–Trinajstić information content (AvgIpc) is 2.97. The number of morpholine rings is 1. The lowest BCUT2D eigenvalue weighted by atomic mass is 10.2. The molecule has 1 aliphatic rings. The zero-order valence-corrected chi connectivity index (χ0v) is 18.3. The van der Waals surface area contributed by atoms with E-state index in [9.17, 15) is 13.2 Å². The second kappa shape index (κ2) is 8.93. The van der Waals surface area contributed by atoms with Crippen molar-refractivity contribution in [1.82, 2.24) is 8.87 Å². The highest BCUT2D eigenvalue weighted by molar-refractivity contribution is 7.89. The summed E-state index contributed by atoms with van der Waals surface area (Å²) in [6.45, 7) is 3.37. The lowest BCUT2D eigenvalue weighted by Crippen LogP contribution is -2.40. The van der Waals surface area contributed by atoms with Crippen molar-refractivity contribution in [2.24, 2.45) is 7.05 Å². The summed E-state index contributed by atoms with van der Waals surface area (Å²) >= 11 is 12.0. The molecule has 0 atom stereocenters. The molecule has 8 nitrogen and oxygen atoms in total. The van der Waals surface area contributed by atoms with Crippen molar-refractivity contribution < 1.29 is 22.7 Å². The number of nitrogens with zero attached hydrogens (tertiary/aromatic N) is 2. The third-order valence-electron chi connectivity index (χ3n) is 4.46. The van der Waals surface area contributed by atoms with E-state index in [1.807, 2.05) is 0 Å². The van der Waals surface area contributed by atoms with Crippen molar-refractivity contribution in [1.29, 1.82) is 0 Å². The smallest absolute Gasteiger partial charge is 0.272 e. The molecule has 2 aromatic rings. The van der Waals surface area contributed by atoms with Gasteiger partial charge in [0.05, 0.1) is 35.4 Å². The van der Waals surface area contributed by atoms with E-state index >= 15 is 0 Å². The molecular formula is C18H21Cl2N3O5S. The van der Waals surface area contributed by atoms with E-state index in [0.717, 1.165) is 0 Å². The van der Waals surface area contributed by atoms with Crippen molar-refractivity contribution in [3.05, 3.63) is 40.1 Å². The number of ether oxygens (including phenoxy) is 2. The third-order valence-corrected chi connectivity index (χ3v) is 7.19. The molecule has 1 aromatic heterocycles. The number of hydrogen-bond acceptors (Lipinski definition) is 5. The minimum Gasteiger partial charge on any atom is -0.492 e. The summed E-state index contributed by atoms with van der Waals surface area (Å²) in [6, 6.07) is 5.81. The van der Waals surface area contributed by atoms with Crippen LogP contribution in [0.4, 0.5) is 5.69 Å². The summed E-state index contributed by atoms with van der Waals surface area (Å²) in [6.07, 6.45) is 0. The Labute approximate surface area is 179 Å². The first kappa shape index (κ1) is 21.9. The molecule has 0 unspecified atom stereocenters. The summed E-state index contributed by atoms with van der Waals surface area (Å²) in [5.41, 5.74) is 0.462. The highest BCUT2D eigenvalue weighted by Crippen LogP contribution is 2.31. The van der Waals surface area contributed by atoms with Crippen LogP contribution in [-0.2, 0) is 21.8 Å². The van der Waals surface area contributed by atoms with E-state index in [2.05, 4.69) is 5.32 Å². The van der Waals surface area contributed by atoms with Crippen molar-refractivity contribution in [2.75, 3.05) is 38.2 Å². The number of amides is 1. The molecule has 158 valence electrons. The number of carbonyl (C=O) groups is 1. The van der Waals surface area contributed by atoms with E-state index < -0.39 is 15.9 Å². The van der Waals surface area contributed by atoms with E-state index in [1.165, 1.54) is 33.1 Å². The monoisotopic (exact) mass is 461 g/mol. The maximum Gasteiger partial charge on any atom is 0.272 e. The number of halogens is 2. The topological polar surface area (TPSA) is 89.9 Å². The first-order valence-corrected chi connectivity index (χ1v) is 11.1. The molecule has 1 N–H and O–H groups in total. The summed E-state index contributed by atoms with van der Waals surface area (Å²) in [7, 11) is -2.13. The molecule has 29 heavy (non-hydrogen) atoms. The van der Waals surface area contributed by atoms with E-state index in [-0.39, 0.29) is 39.5 Å². The molecule has 1 amide bonds. The molecule has 2 heterocycles. The number of carbonyl (C=O) groups excluding carboxylic acids is 1. The molecule has 1 fully saturated rings. The van der Waals surface area contributed by atoms with Crippen molar-refractivity contribution in [2.45, 2.75) is 11.8 Å². The summed E-state index contributed by atoms with van der Waals surface area (Å²) in [5.74, 6) is -0.142. The fraction of sp³-hybridized carbons (Fsp3) is 0.389. The maximum absolute atomic E-state index is 12.9. The molecule has 3 rings (SSSR count). The predicted molar refractivity (Wildman–Crippen MR) is 111 cm³/mol. The maximum atomic E-state index is 12.9. The van der Waals surface area contributed by atoms with Gasteiger partial charge >= 0.3 is 0 Å². The highest BCUT2D eigenvalue weighted by atomic mass is 35.5. The van der Waals surface area contributed by atoms with Crippen LogP contribution >= 0.6 is 23.2 Å². The first-order valence-electron chi connectivity index (χ1n) is 8.92. The molecule has 0 radical (unpaired) electrons. The zero-order valence-electron chi connectivity index (χ0n) is 15.9. The van der Waals surface area contributed by atoms with E-state index in [1.54, 1.807) is 14.0 Å². The van der Waals surface area contributed by atoms with Gasteiger partial charge in [-0.3, -0.25) is 4.79 Å². The van der Waals surface area contributed by atoms with Crippen molar-refractivity contribution in [3.8, 4) is 5.75 Å². The Balaban J connectivity index is 1.94. The van der Waals surface area contributed by atoms with Crippen LogP contribution < -0.4 is 10.1 Å². The molecule has 1 aliphatic heterocycles. The number of anilines is 1. The second-order valence-corrected chi connectivity index (χ2v) is 8.99. The molecule has 0 spiro atoms. The Morgan fingerprint density at radius 3 is 2.52 bits per heavy atom. The van der Waals surface area contributed by atoms with Crippen LogP contribution in [0.15, 0.2) is 29.2 Å². The van der Waals surface area contributed by atoms with Gasteiger partial charge in [-0.2, -0.15) is 4.31 Å². The second-order valence-electron chi connectivity index (χ2n) is 6.29. The minimum atomic E-state index is -3.73. The lowest BCUT2D eigenvalue weighted by molar-refractivity contribution is 0.0730. The number of rotatable bonds is 6. The Kier molecular flexibility index (Phi) is 6.75. The minimum absolute atomic E-state index is 0.0566. The quantitative estimate of drug-likeness (QED) is 0.713. The fourth-order valence-corrected chi connectivity index (χ4v) is 4.74. The molecule has 11 heteroatoms. The Hall–Kier alpha value is -1.78. The van der Waals surface area contributed by atoms with Crippen molar-refractivity contribution in [3.63, 3.8) is 0 Å². The molecule has 0 aliphatic carbocycles. The van der Waals surface area contributed by atoms with E-state index in [4.69, 9.17) is 32.7 Å². The standard InChI is InChI=1S/C18H21Cl2N3O5S/c1-3-28-16-5-4-12(29(25,26)23-6-8-27-9-7-23)10-14(16)21-18(24)15-11-13(19)17(20)22(15)2/h4-5,10-11H,3,6-9H2,1-2H3,(H,21,24). The van der Waals surface area contributed by atoms with Gasteiger partial charge in [-0.25, -0.2) is 8.42 Å². The van der Waals surface area contributed by atoms with Gasteiger partial charge in [0, 0.05) is 20.1 Å². The lowest BCUT2D eigenvalue weighted by Gasteiger charge is -2.26. The Morgan fingerprint density at radius 2 is 1.93 bits per heavy atom. The van der Waals surface area contributed by atoms with Gasteiger partial charge < -0.3 is 19.4 Å². The van der Waals surface area contributed by atoms with Gasteiger partial charge in [0.2, 0.25) is 10.0 Å². The Morgan fingerprint density at radius 1 is 1.24 bits per heavy atom. The Bertz CT molecular complexity index is 1020. The first-order chi connectivity index (χ1) is 13.8. The van der Waals surface area contributed by atoms with Crippen molar-refractivity contribution >= 4 is 44.8 Å². The molecule has 1 aromatic carbocycles. The predicted octanol–water partition coefficient (Wildman–Crippen LogP) is 3.00. The average molecular weight is 462 g/mol. The van der Waals surface area contributed by atoms with Crippen LogP contribution in [0.25, 0.3) is 0 Å². The van der Waals surface area contributed by atoms with Crippen LogP contribution in [0, 0.1) is 0 Å². The largest absolute Gasteiger partial charge is 0.492 e. The van der Waals surface area contributed by atoms with Gasteiger partial charge in [0.25, 0.3) is 5.91 Å². The van der Waals surface area contributed by atoms with Gasteiger partial charge in [0.15, 0.2) is 0 Å². The number of benzene rings is 1. The van der Waals surface area contributed by atoms with Crippen LogP contribution in [0.1, 0.15) is 17.4 Å². The van der Waals surface area contributed by atoms with Crippen LogP contribution in [0.3, 0.4) is 0 Å². The molecular weight excluding hydrogens is 441 g/mol. The van der Waals surface area contributed by atoms with E-state index in [0.29, 0.717) is 25.6 Å². The molecule has 1 saturated heterocycles. The van der Waals surface area contributed by atoms with Crippen LogP contribution in [0.5, 0.6) is 5.75 Å². The normalized spacial score (nSPS) is 15.3. The third kappa shape index (κ3) is 4.54. The van der Waals surface area contributed by atoms with Gasteiger partial charge in [-0.05, 0) is 31.2 Å². The van der Waals surface area contributed by atoms with Gasteiger partial charge in [0.1, 0.15) is 16.6 Å². The van der Waals surface area contributed by atoms with Crippen LogP contribution in [-0.4, -0.2) is 56.1 Å². The fourth-order valence-electron chi connectivity index (χ4n) is 2.93. The SMILES string of the molecule is CCOc1ccc(S(=O)(=O)N2CCOCC2)cc1NC(=O)c1cc(Cl)c(Cl)n1C. The number of nitrogens with one attached hydrogen (secondary N) is 1. The molecule has 0 bridgehead atoms. The number of sulfonamides is 1. The highest BCUT2D eigenvalue weighted by Gasteiger charge is 2.27. The zero-order chi connectivity index (χ0) is 21.2. The number of aromatic nitrogens is 1. The van der Waals surface area contributed by atoms with Gasteiger partial charge in [-0.15, -0.1) is 0 Å². The van der Waals surface area contributed by atoms with Crippen LogP contribution in [0.2, 0.25) is 10.2 Å². The summed E-state index contributed by atoms with van der Waals surface area (Å²) in [4.78, 5) is 12.8. The number of hydrogen-bond donors (Lipinski definition) is 1. The summed E-state index contributed by atoms with van der Waals surface area (Å²) < 4.78 is 39.4. The molecule has 0 saturated carbocycles. The summed E-state index contributed by atoms with van der Waals surface area (Å²) in [5, 5.41) is 3.17.